The van der Waals surface area contributed by atoms with Gasteiger partial charge in [0.2, 0.25) is 0 Å². The van der Waals surface area contributed by atoms with Gasteiger partial charge in [-0.25, -0.2) is 0 Å². The van der Waals surface area contributed by atoms with Crippen LogP contribution in [0.1, 0.15) is 32.4 Å². The van der Waals surface area contributed by atoms with Gasteiger partial charge in [0.05, 0.1) is 0 Å². The van der Waals surface area contributed by atoms with Gasteiger partial charge in [0.1, 0.15) is 12.4 Å². The summed E-state index contributed by atoms with van der Waals surface area (Å²) in [6, 6.07) is 5.91. The molecule has 1 rings (SSSR count). The highest BCUT2D eigenvalue weighted by Crippen LogP contribution is 2.27. The zero-order valence-corrected chi connectivity index (χ0v) is 11.5. The zero-order chi connectivity index (χ0) is 12.1. The van der Waals surface area contributed by atoms with E-state index in [0.29, 0.717) is 6.61 Å². The Morgan fingerprint density at radius 2 is 2.19 bits per heavy atom. The molecule has 0 radical (unpaired) electrons. The second-order valence-electron chi connectivity index (χ2n) is 4.06. The van der Waals surface area contributed by atoms with Crippen LogP contribution in [-0.2, 0) is 0 Å². The van der Waals surface area contributed by atoms with Gasteiger partial charge in [-0.15, -0.1) is 0 Å². The van der Waals surface area contributed by atoms with E-state index in [1.165, 1.54) is 5.57 Å². The van der Waals surface area contributed by atoms with Crippen LogP contribution in [-0.4, -0.2) is 6.61 Å². The lowest BCUT2D eigenvalue weighted by Crippen LogP contribution is -2.08. The lowest BCUT2D eigenvalue weighted by molar-refractivity contribution is 0.355. The van der Waals surface area contributed by atoms with Crippen molar-refractivity contribution in [3.05, 3.63) is 39.9 Å². The van der Waals surface area contributed by atoms with Crippen molar-refractivity contribution in [1.29, 1.82) is 0 Å². The molecule has 16 heavy (non-hydrogen) atoms. The Bertz CT molecular complexity index is 382. The number of nitrogens with two attached hydrogens (primary N) is 1. The molecule has 1 aromatic rings. The predicted octanol–water partition coefficient (Wildman–Crippen LogP) is 3.81. The van der Waals surface area contributed by atoms with Crippen LogP contribution in [0.4, 0.5) is 0 Å². The first-order valence-corrected chi connectivity index (χ1v) is 6.11. The fourth-order valence-corrected chi connectivity index (χ4v) is 1.65. The molecule has 0 fully saturated rings. The third-order valence-electron chi connectivity index (χ3n) is 2.20. The van der Waals surface area contributed by atoms with Crippen molar-refractivity contribution in [2.45, 2.75) is 26.8 Å². The van der Waals surface area contributed by atoms with E-state index in [4.69, 9.17) is 10.5 Å². The number of benzene rings is 1. The molecule has 0 saturated carbocycles. The van der Waals surface area contributed by atoms with E-state index >= 15 is 0 Å². The molecule has 1 atom stereocenters. The molecule has 2 N–H and O–H groups in total. The smallest absolute Gasteiger partial charge is 0.125 e. The van der Waals surface area contributed by atoms with Crippen LogP contribution in [0.2, 0.25) is 0 Å². The molecule has 0 unspecified atom stereocenters. The maximum atomic E-state index is 5.89. The SMILES string of the molecule is CC(C)=CCOc1cc(Br)ccc1[C@H](C)N. The standard InChI is InChI=1S/C13H18BrNO/c1-9(2)6-7-16-13-8-11(14)4-5-12(13)10(3)15/h4-6,8,10H,7,15H2,1-3H3/t10-/m0/s1. The van der Waals surface area contributed by atoms with Gasteiger partial charge in [-0.2, -0.15) is 0 Å². The van der Waals surface area contributed by atoms with Crippen molar-refractivity contribution in [2.24, 2.45) is 5.73 Å². The van der Waals surface area contributed by atoms with E-state index in [1.807, 2.05) is 31.2 Å². The minimum absolute atomic E-state index is 0.0187. The van der Waals surface area contributed by atoms with Crippen LogP contribution >= 0.6 is 15.9 Å². The van der Waals surface area contributed by atoms with Crippen LogP contribution in [0, 0.1) is 0 Å². The largest absolute Gasteiger partial charge is 0.489 e. The Kier molecular flexibility index (Phi) is 5.03. The topological polar surface area (TPSA) is 35.2 Å². The molecular formula is C13H18BrNO. The van der Waals surface area contributed by atoms with Gasteiger partial charge in [0.15, 0.2) is 0 Å². The Morgan fingerprint density at radius 3 is 2.75 bits per heavy atom. The molecule has 3 heteroatoms. The summed E-state index contributed by atoms with van der Waals surface area (Å²) < 4.78 is 6.71. The fraction of sp³-hybridized carbons (Fsp3) is 0.385. The number of hydrogen-bond acceptors (Lipinski definition) is 2. The number of ether oxygens (including phenoxy) is 1. The summed E-state index contributed by atoms with van der Waals surface area (Å²) in [4.78, 5) is 0. The first kappa shape index (κ1) is 13.3. The lowest BCUT2D eigenvalue weighted by atomic mass is 10.1. The molecule has 88 valence electrons. The first-order chi connectivity index (χ1) is 7.50. The molecule has 2 nitrogen and oxygen atoms in total. The summed E-state index contributed by atoms with van der Waals surface area (Å²) in [5, 5.41) is 0. The minimum Gasteiger partial charge on any atom is -0.489 e. The van der Waals surface area contributed by atoms with E-state index in [1.54, 1.807) is 0 Å². The number of halogens is 1. The molecule has 0 heterocycles. The Labute approximate surface area is 106 Å². The predicted molar refractivity (Wildman–Crippen MR) is 71.7 cm³/mol. The molecule has 0 spiro atoms. The van der Waals surface area contributed by atoms with E-state index in [9.17, 15) is 0 Å². The molecule has 1 aromatic carbocycles. The van der Waals surface area contributed by atoms with Gasteiger partial charge in [-0.3, -0.25) is 0 Å². The number of hydrogen-bond donors (Lipinski definition) is 1. The lowest BCUT2D eigenvalue weighted by Gasteiger charge is -2.13. The maximum absolute atomic E-state index is 5.89. The van der Waals surface area contributed by atoms with E-state index in [-0.39, 0.29) is 6.04 Å². The van der Waals surface area contributed by atoms with E-state index < -0.39 is 0 Å². The zero-order valence-electron chi connectivity index (χ0n) is 9.96. The summed E-state index contributed by atoms with van der Waals surface area (Å²) in [6.07, 6.45) is 2.05. The highest BCUT2D eigenvalue weighted by Gasteiger charge is 2.08. The van der Waals surface area contributed by atoms with Crippen LogP contribution in [0.25, 0.3) is 0 Å². The fourth-order valence-electron chi connectivity index (χ4n) is 1.31. The molecule has 0 aromatic heterocycles. The normalized spacial score (nSPS) is 12.1. The highest BCUT2D eigenvalue weighted by atomic mass is 79.9. The van der Waals surface area contributed by atoms with Gasteiger partial charge in [0, 0.05) is 16.1 Å². The van der Waals surface area contributed by atoms with Crippen LogP contribution in [0.5, 0.6) is 5.75 Å². The molecular weight excluding hydrogens is 266 g/mol. The Balaban J connectivity index is 2.84. The van der Waals surface area contributed by atoms with E-state index in [0.717, 1.165) is 15.8 Å². The molecule has 0 aliphatic carbocycles. The van der Waals surface area contributed by atoms with Crippen molar-refractivity contribution in [3.63, 3.8) is 0 Å². The van der Waals surface area contributed by atoms with Gasteiger partial charge in [0.25, 0.3) is 0 Å². The molecule has 0 aliphatic heterocycles. The van der Waals surface area contributed by atoms with Crippen molar-refractivity contribution < 1.29 is 4.74 Å². The average molecular weight is 284 g/mol. The monoisotopic (exact) mass is 283 g/mol. The molecule has 0 saturated heterocycles. The van der Waals surface area contributed by atoms with Crippen molar-refractivity contribution in [2.75, 3.05) is 6.61 Å². The maximum Gasteiger partial charge on any atom is 0.125 e. The van der Waals surface area contributed by atoms with Crippen LogP contribution < -0.4 is 10.5 Å². The summed E-state index contributed by atoms with van der Waals surface area (Å²) in [5.74, 6) is 0.849. The second-order valence-corrected chi connectivity index (χ2v) is 4.98. The quantitative estimate of drug-likeness (QED) is 0.853. The average Bonchev–Trinajstić information content (AvgIpc) is 2.16. The number of rotatable bonds is 4. The summed E-state index contributed by atoms with van der Waals surface area (Å²) in [6.45, 7) is 6.64. The highest BCUT2D eigenvalue weighted by molar-refractivity contribution is 9.10. The third-order valence-corrected chi connectivity index (χ3v) is 2.69. The first-order valence-electron chi connectivity index (χ1n) is 5.32. The third kappa shape index (κ3) is 3.99. The van der Waals surface area contributed by atoms with E-state index in [2.05, 4.69) is 29.8 Å². The van der Waals surface area contributed by atoms with Crippen molar-refractivity contribution >= 4 is 15.9 Å². The summed E-state index contributed by atoms with van der Waals surface area (Å²) >= 11 is 3.43. The molecule has 0 bridgehead atoms. The van der Waals surface area contributed by atoms with Crippen molar-refractivity contribution in [3.8, 4) is 5.75 Å². The Hall–Kier alpha value is -0.800. The number of allylic oxidation sites excluding steroid dienone is 1. The summed E-state index contributed by atoms with van der Waals surface area (Å²) in [7, 11) is 0. The van der Waals surface area contributed by atoms with Gasteiger partial charge >= 0.3 is 0 Å². The van der Waals surface area contributed by atoms with Gasteiger partial charge in [-0.1, -0.05) is 27.6 Å². The van der Waals surface area contributed by atoms with Crippen LogP contribution in [0.15, 0.2) is 34.3 Å². The van der Waals surface area contributed by atoms with Crippen molar-refractivity contribution in [1.82, 2.24) is 0 Å². The molecule has 0 aliphatic rings. The minimum atomic E-state index is -0.0187. The summed E-state index contributed by atoms with van der Waals surface area (Å²) in [5.41, 5.74) is 8.17. The Morgan fingerprint density at radius 1 is 1.50 bits per heavy atom. The van der Waals surface area contributed by atoms with Crippen LogP contribution in [0.3, 0.4) is 0 Å². The second kappa shape index (κ2) is 6.06. The van der Waals surface area contributed by atoms with Gasteiger partial charge < -0.3 is 10.5 Å². The van der Waals surface area contributed by atoms with Gasteiger partial charge in [-0.05, 0) is 39.0 Å². The molecule has 0 amide bonds.